The van der Waals surface area contributed by atoms with Crippen LogP contribution in [0.1, 0.15) is 47.2 Å². The number of thiazole rings is 1. The minimum absolute atomic E-state index is 0.748. The molecule has 1 aliphatic heterocycles. The summed E-state index contributed by atoms with van der Waals surface area (Å²) in [6.07, 6.45) is 5.37. The second-order valence-corrected chi connectivity index (χ2v) is 7.01. The zero-order valence-electron chi connectivity index (χ0n) is 12.4. The van der Waals surface area contributed by atoms with Crippen LogP contribution in [0.25, 0.3) is 0 Å². The van der Waals surface area contributed by atoms with E-state index >= 15 is 0 Å². The maximum atomic E-state index is 5.08. The number of ether oxygens (including phenoxy) is 1. The van der Waals surface area contributed by atoms with Gasteiger partial charge in [-0.3, -0.25) is 4.90 Å². The third-order valence-corrected chi connectivity index (χ3v) is 5.12. The van der Waals surface area contributed by atoms with Gasteiger partial charge in [0.25, 0.3) is 0 Å². The summed E-state index contributed by atoms with van der Waals surface area (Å²) in [5.41, 5.74) is 1.38. The molecule has 4 nitrogen and oxygen atoms in total. The second kappa shape index (κ2) is 6.98. The summed E-state index contributed by atoms with van der Waals surface area (Å²) >= 11 is 1.92. The predicted molar refractivity (Wildman–Crippen MR) is 82.2 cm³/mol. The molecular formula is C15H25N3OS. The zero-order chi connectivity index (χ0) is 13.8. The average molecular weight is 295 g/mol. The van der Waals surface area contributed by atoms with Crippen LogP contribution in [0.15, 0.2) is 0 Å². The Morgan fingerprint density at radius 3 is 2.85 bits per heavy atom. The van der Waals surface area contributed by atoms with Gasteiger partial charge in [0.05, 0.1) is 18.8 Å². The van der Waals surface area contributed by atoms with Crippen molar-refractivity contribution in [1.82, 2.24) is 15.2 Å². The van der Waals surface area contributed by atoms with Gasteiger partial charge >= 0.3 is 0 Å². The van der Waals surface area contributed by atoms with Crippen molar-refractivity contribution in [3.05, 3.63) is 15.6 Å². The van der Waals surface area contributed by atoms with Crippen LogP contribution in [0.4, 0.5) is 0 Å². The van der Waals surface area contributed by atoms with Crippen LogP contribution in [0.3, 0.4) is 0 Å². The lowest BCUT2D eigenvalue weighted by Gasteiger charge is -2.11. The summed E-state index contributed by atoms with van der Waals surface area (Å²) in [4.78, 5) is 8.94. The van der Waals surface area contributed by atoms with E-state index in [0.717, 1.165) is 32.2 Å². The summed E-state index contributed by atoms with van der Waals surface area (Å²) in [5, 5.41) is 4.78. The molecule has 0 unspecified atom stereocenters. The molecule has 0 atom stereocenters. The van der Waals surface area contributed by atoms with E-state index in [0.29, 0.717) is 0 Å². The van der Waals surface area contributed by atoms with Crippen LogP contribution >= 0.6 is 11.3 Å². The third-order valence-electron chi connectivity index (χ3n) is 4.06. The van der Waals surface area contributed by atoms with Crippen molar-refractivity contribution in [3.8, 4) is 0 Å². The van der Waals surface area contributed by atoms with Gasteiger partial charge in [-0.2, -0.15) is 0 Å². The number of nitrogens with one attached hydrogen (secondary N) is 1. The van der Waals surface area contributed by atoms with Crippen molar-refractivity contribution in [2.24, 2.45) is 0 Å². The van der Waals surface area contributed by atoms with Crippen LogP contribution in [0.5, 0.6) is 0 Å². The molecule has 0 radical (unpaired) electrons. The Balaban J connectivity index is 1.59. The molecule has 1 N–H and O–H groups in total. The Hall–Kier alpha value is -0.490. The number of rotatable bonds is 8. The van der Waals surface area contributed by atoms with Crippen LogP contribution in [-0.2, 0) is 17.8 Å². The van der Waals surface area contributed by atoms with E-state index in [1.807, 2.05) is 11.3 Å². The SMILES string of the molecule is COCCNCc1sc(CN2CCCC2)nc1C1CC1. The first-order chi connectivity index (χ1) is 9.86. The van der Waals surface area contributed by atoms with Crippen molar-refractivity contribution in [2.45, 2.75) is 44.7 Å². The Kier molecular flexibility index (Phi) is 5.04. The lowest BCUT2D eigenvalue weighted by molar-refractivity contribution is 0.199. The average Bonchev–Trinajstić information content (AvgIpc) is 3.02. The molecule has 0 aromatic carbocycles. The molecule has 1 aliphatic carbocycles. The second-order valence-electron chi connectivity index (χ2n) is 5.84. The monoisotopic (exact) mass is 295 g/mol. The van der Waals surface area contributed by atoms with Crippen LogP contribution in [0.2, 0.25) is 0 Å². The molecule has 3 rings (SSSR count). The van der Waals surface area contributed by atoms with Gasteiger partial charge in [-0.1, -0.05) is 0 Å². The molecular weight excluding hydrogens is 270 g/mol. The summed E-state index contributed by atoms with van der Waals surface area (Å²) in [7, 11) is 1.75. The molecule has 2 aliphatic rings. The molecule has 2 heterocycles. The first-order valence-electron chi connectivity index (χ1n) is 7.77. The molecule has 0 spiro atoms. The highest BCUT2D eigenvalue weighted by Gasteiger charge is 2.29. The molecule has 1 saturated heterocycles. The van der Waals surface area contributed by atoms with Crippen molar-refractivity contribution < 1.29 is 4.74 Å². The molecule has 112 valence electrons. The van der Waals surface area contributed by atoms with E-state index < -0.39 is 0 Å². The van der Waals surface area contributed by atoms with Gasteiger partial charge < -0.3 is 10.1 Å². The van der Waals surface area contributed by atoms with Crippen molar-refractivity contribution in [1.29, 1.82) is 0 Å². The molecule has 1 aromatic heterocycles. The minimum Gasteiger partial charge on any atom is -0.383 e. The van der Waals surface area contributed by atoms with Crippen LogP contribution < -0.4 is 5.32 Å². The fraction of sp³-hybridized carbons (Fsp3) is 0.800. The molecule has 5 heteroatoms. The van der Waals surface area contributed by atoms with Gasteiger partial charge in [0.2, 0.25) is 0 Å². The Bertz CT molecular complexity index is 425. The zero-order valence-corrected chi connectivity index (χ0v) is 13.2. The Morgan fingerprint density at radius 2 is 2.15 bits per heavy atom. The van der Waals surface area contributed by atoms with Gasteiger partial charge in [0.1, 0.15) is 5.01 Å². The van der Waals surface area contributed by atoms with Crippen LogP contribution in [0, 0.1) is 0 Å². The number of methoxy groups -OCH3 is 1. The van der Waals surface area contributed by atoms with Gasteiger partial charge in [-0.05, 0) is 38.8 Å². The smallest absolute Gasteiger partial charge is 0.107 e. The summed E-state index contributed by atoms with van der Waals surface area (Å²) in [5.74, 6) is 0.748. The minimum atomic E-state index is 0.748. The maximum Gasteiger partial charge on any atom is 0.107 e. The fourth-order valence-corrected chi connectivity index (χ4v) is 3.96. The molecule has 0 amide bonds. The Morgan fingerprint density at radius 1 is 1.35 bits per heavy atom. The number of hydrogen-bond acceptors (Lipinski definition) is 5. The molecule has 20 heavy (non-hydrogen) atoms. The normalized spacial score (nSPS) is 19.9. The standard InChI is InChI=1S/C15H25N3OS/c1-19-9-6-16-10-13-15(12-4-5-12)17-14(20-13)11-18-7-2-3-8-18/h12,16H,2-11H2,1H3. The topological polar surface area (TPSA) is 37.4 Å². The van der Waals surface area contributed by atoms with Gasteiger partial charge in [0, 0.05) is 31.0 Å². The van der Waals surface area contributed by atoms with E-state index in [1.54, 1.807) is 7.11 Å². The van der Waals surface area contributed by atoms with Crippen molar-refractivity contribution in [3.63, 3.8) is 0 Å². The van der Waals surface area contributed by atoms with Crippen LogP contribution in [-0.4, -0.2) is 43.2 Å². The van der Waals surface area contributed by atoms with Gasteiger partial charge in [-0.15, -0.1) is 11.3 Å². The maximum absolute atomic E-state index is 5.08. The first-order valence-corrected chi connectivity index (χ1v) is 8.59. The van der Waals surface area contributed by atoms with E-state index in [4.69, 9.17) is 9.72 Å². The number of likely N-dealkylation sites (tertiary alicyclic amines) is 1. The van der Waals surface area contributed by atoms with Crippen molar-refractivity contribution in [2.75, 3.05) is 33.4 Å². The predicted octanol–water partition coefficient (Wildman–Crippen LogP) is 2.35. The highest BCUT2D eigenvalue weighted by atomic mass is 32.1. The molecule has 1 aromatic rings. The van der Waals surface area contributed by atoms with E-state index in [9.17, 15) is 0 Å². The molecule has 1 saturated carbocycles. The number of hydrogen-bond donors (Lipinski definition) is 1. The quantitative estimate of drug-likeness (QED) is 0.747. The Labute approximate surface area is 125 Å². The fourth-order valence-electron chi connectivity index (χ4n) is 2.79. The third kappa shape index (κ3) is 3.79. The molecule has 2 fully saturated rings. The summed E-state index contributed by atoms with van der Waals surface area (Å²) in [6.45, 7) is 6.20. The molecule has 0 bridgehead atoms. The number of aromatic nitrogens is 1. The van der Waals surface area contributed by atoms with E-state index in [2.05, 4.69) is 10.2 Å². The van der Waals surface area contributed by atoms with Gasteiger partial charge in [-0.25, -0.2) is 4.98 Å². The summed E-state index contributed by atoms with van der Waals surface area (Å²) < 4.78 is 5.08. The largest absolute Gasteiger partial charge is 0.383 e. The van der Waals surface area contributed by atoms with E-state index in [-0.39, 0.29) is 0 Å². The van der Waals surface area contributed by atoms with Crippen molar-refractivity contribution >= 4 is 11.3 Å². The number of nitrogens with zero attached hydrogens (tertiary/aromatic N) is 2. The highest BCUT2D eigenvalue weighted by molar-refractivity contribution is 7.11. The lowest BCUT2D eigenvalue weighted by atomic mass is 10.2. The van der Waals surface area contributed by atoms with Gasteiger partial charge in [0.15, 0.2) is 0 Å². The summed E-state index contributed by atoms with van der Waals surface area (Å²) in [6, 6.07) is 0. The highest BCUT2D eigenvalue weighted by Crippen LogP contribution is 2.42. The lowest BCUT2D eigenvalue weighted by Crippen LogP contribution is -2.18. The van der Waals surface area contributed by atoms with E-state index in [1.165, 1.54) is 54.4 Å². The first kappa shape index (κ1) is 14.4.